The Labute approximate surface area is 188 Å². The van der Waals surface area contributed by atoms with Crippen LogP contribution in [0.3, 0.4) is 0 Å². The Kier molecular flexibility index (Phi) is 6.94. The molecule has 3 rings (SSSR count). The van der Waals surface area contributed by atoms with Gasteiger partial charge in [-0.05, 0) is 49.2 Å². The zero-order valence-electron chi connectivity index (χ0n) is 18.0. The van der Waals surface area contributed by atoms with Gasteiger partial charge in [0.2, 0.25) is 20.0 Å². The van der Waals surface area contributed by atoms with Crippen LogP contribution in [0.1, 0.15) is 18.1 Å². The van der Waals surface area contributed by atoms with Crippen LogP contribution in [0, 0.1) is 6.92 Å². The van der Waals surface area contributed by atoms with Crippen molar-refractivity contribution in [2.75, 3.05) is 19.3 Å². The van der Waals surface area contributed by atoms with Crippen molar-refractivity contribution >= 4 is 26.0 Å². The number of piperazine rings is 1. The molecule has 2 unspecified atom stereocenters. The number of benzene rings is 2. The van der Waals surface area contributed by atoms with Crippen LogP contribution in [0.2, 0.25) is 0 Å². The van der Waals surface area contributed by atoms with Crippen LogP contribution in [-0.4, -0.2) is 68.0 Å². The number of sulfonamides is 2. The first-order valence-electron chi connectivity index (χ1n) is 9.92. The van der Waals surface area contributed by atoms with Gasteiger partial charge in [-0.25, -0.2) is 16.8 Å². The van der Waals surface area contributed by atoms with Crippen molar-refractivity contribution in [3.63, 3.8) is 0 Å². The molecule has 2 aromatic rings. The lowest BCUT2D eigenvalue weighted by Crippen LogP contribution is -2.63. The zero-order chi connectivity index (χ0) is 23.7. The molecule has 1 heterocycles. The van der Waals surface area contributed by atoms with E-state index in [-0.39, 0.29) is 18.0 Å². The Morgan fingerprint density at radius 2 is 1.62 bits per heavy atom. The molecule has 2 aromatic carbocycles. The summed E-state index contributed by atoms with van der Waals surface area (Å²) in [5, 5.41) is 9.67. The average molecular weight is 483 g/mol. The van der Waals surface area contributed by atoms with Gasteiger partial charge in [0.05, 0.1) is 11.2 Å². The quantitative estimate of drug-likeness (QED) is 0.637. The molecule has 0 saturated carbocycles. The SMILES string of the molecule is Cc1ccccc1COc1ccc(S(=O)(=O)N2CCN(S(C)(=O)=O)C(C)C2C(=O)O)cc1. The van der Waals surface area contributed by atoms with Gasteiger partial charge < -0.3 is 9.84 Å². The molecule has 1 aliphatic rings. The fourth-order valence-corrected chi connectivity index (χ4v) is 6.55. The summed E-state index contributed by atoms with van der Waals surface area (Å²) in [5.41, 5.74) is 2.08. The number of hydrogen-bond donors (Lipinski definition) is 1. The van der Waals surface area contributed by atoms with Gasteiger partial charge in [-0.15, -0.1) is 0 Å². The van der Waals surface area contributed by atoms with Crippen LogP contribution in [0.25, 0.3) is 0 Å². The number of carbonyl (C=O) groups is 1. The number of aliphatic carboxylic acids is 1. The van der Waals surface area contributed by atoms with Crippen molar-refractivity contribution in [1.29, 1.82) is 0 Å². The summed E-state index contributed by atoms with van der Waals surface area (Å²) < 4.78 is 57.9. The number of carboxylic acids is 1. The third kappa shape index (κ3) is 4.96. The number of carboxylic acid groups (broad SMARTS) is 1. The second-order valence-electron chi connectivity index (χ2n) is 7.70. The Morgan fingerprint density at radius 3 is 2.19 bits per heavy atom. The maximum absolute atomic E-state index is 13.2. The highest BCUT2D eigenvalue weighted by Crippen LogP contribution is 2.28. The molecular weight excluding hydrogens is 456 g/mol. The van der Waals surface area contributed by atoms with Gasteiger partial charge in [0.25, 0.3) is 0 Å². The average Bonchev–Trinajstić information content (AvgIpc) is 2.72. The molecule has 0 bridgehead atoms. The molecule has 2 atom stereocenters. The van der Waals surface area contributed by atoms with Crippen molar-refractivity contribution in [3.05, 3.63) is 59.7 Å². The molecule has 1 N–H and O–H groups in total. The van der Waals surface area contributed by atoms with Gasteiger partial charge in [-0.2, -0.15) is 8.61 Å². The summed E-state index contributed by atoms with van der Waals surface area (Å²) in [7, 11) is -7.85. The highest BCUT2D eigenvalue weighted by Gasteiger charge is 2.47. The van der Waals surface area contributed by atoms with Crippen molar-refractivity contribution in [2.45, 2.75) is 37.4 Å². The lowest BCUT2D eigenvalue weighted by molar-refractivity contribution is -0.144. The van der Waals surface area contributed by atoms with Crippen LogP contribution in [0.4, 0.5) is 0 Å². The number of hydrogen-bond acceptors (Lipinski definition) is 6. The predicted octanol–water partition coefficient (Wildman–Crippen LogP) is 1.68. The second kappa shape index (κ2) is 9.18. The topological polar surface area (TPSA) is 121 Å². The third-order valence-electron chi connectivity index (χ3n) is 5.53. The summed E-state index contributed by atoms with van der Waals surface area (Å²) in [6, 6.07) is 10.9. The molecule has 1 saturated heterocycles. The van der Waals surface area contributed by atoms with E-state index in [1.54, 1.807) is 0 Å². The molecule has 0 aromatic heterocycles. The molecule has 174 valence electrons. The monoisotopic (exact) mass is 482 g/mol. The summed E-state index contributed by atoms with van der Waals surface area (Å²) in [5.74, 6) is -0.940. The van der Waals surface area contributed by atoms with E-state index in [0.717, 1.165) is 26.0 Å². The Bertz CT molecular complexity index is 1190. The number of ether oxygens (including phenoxy) is 1. The molecule has 0 aliphatic carbocycles. The first-order chi connectivity index (χ1) is 14.9. The highest BCUT2D eigenvalue weighted by atomic mass is 32.2. The van der Waals surface area contributed by atoms with Gasteiger partial charge >= 0.3 is 5.97 Å². The first kappa shape index (κ1) is 24.2. The maximum atomic E-state index is 13.2. The minimum atomic E-state index is -4.17. The second-order valence-corrected chi connectivity index (χ2v) is 11.5. The summed E-state index contributed by atoms with van der Waals surface area (Å²) in [4.78, 5) is 11.8. The van der Waals surface area contributed by atoms with E-state index in [9.17, 15) is 26.7 Å². The zero-order valence-corrected chi connectivity index (χ0v) is 19.6. The summed E-state index contributed by atoms with van der Waals surface area (Å²) in [6.07, 6.45) is 0.974. The smallest absolute Gasteiger partial charge is 0.323 e. The standard InChI is InChI=1S/C21H26N2O7S2/c1-15-6-4-5-7-17(15)14-30-18-8-10-19(11-9-18)32(28,29)23-13-12-22(31(3,26)27)16(2)20(23)21(24)25/h4-11,16,20H,12-14H2,1-3H3,(H,24,25). The minimum Gasteiger partial charge on any atom is -0.489 e. The van der Waals surface area contributed by atoms with Crippen molar-refractivity contribution in [1.82, 2.24) is 8.61 Å². The molecule has 0 radical (unpaired) electrons. The van der Waals surface area contributed by atoms with Crippen LogP contribution in [0.15, 0.2) is 53.4 Å². The van der Waals surface area contributed by atoms with Crippen LogP contribution in [-0.2, 0) is 31.4 Å². The molecule has 0 amide bonds. The summed E-state index contributed by atoms with van der Waals surface area (Å²) in [6.45, 7) is 3.30. The molecule has 9 nitrogen and oxygen atoms in total. The number of aryl methyl sites for hydroxylation is 1. The van der Waals surface area contributed by atoms with Crippen LogP contribution >= 0.6 is 0 Å². The van der Waals surface area contributed by atoms with E-state index < -0.39 is 38.1 Å². The number of nitrogens with zero attached hydrogens (tertiary/aromatic N) is 2. The summed E-state index contributed by atoms with van der Waals surface area (Å²) >= 11 is 0. The fourth-order valence-electron chi connectivity index (χ4n) is 3.78. The molecule has 1 fully saturated rings. The van der Waals surface area contributed by atoms with Crippen molar-refractivity contribution in [3.8, 4) is 5.75 Å². The lowest BCUT2D eigenvalue weighted by Gasteiger charge is -2.42. The maximum Gasteiger partial charge on any atom is 0.323 e. The lowest BCUT2D eigenvalue weighted by atomic mass is 10.1. The van der Waals surface area contributed by atoms with Gasteiger partial charge in [-0.1, -0.05) is 24.3 Å². The first-order valence-corrected chi connectivity index (χ1v) is 13.2. The third-order valence-corrected chi connectivity index (χ3v) is 8.79. The normalized spacial score (nSPS) is 20.7. The van der Waals surface area contributed by atoms with Crippen LogP contribution < -0.4 is 4.74 Å². The van der Waals surface area contributed by atoms with Gasteiger partial charge in [0.15, 0.2) is 0 Å². The van der Waals surface area contributed by atoms with E-state index in [4.69, 9.17) is 4.74 Å². The highest BCUT2D eigenvalue weighted by molar-refractivity contribution is 7.89. The molecule has 11 heteroatoms. The van der Waals surface area contributed by atoms with E-state index in [1.807, 2.05) is 31.2 Å². The van der Waals surface area contributed by atoms with Gasteiger partial charge in [0, 0.05) is 19.1 Å². The van der Waals surface area contributed by atoms with Gasteiger partial charge in [-0.3, -0.25) is 4.79 Å². The molecular formula is C21H26N2O7S2. The predicted molar refractivity (Wildman–Crippen MR) is 118 cm³/mol. The Morgan fingerprint density at radius 1 is 1.03 bits per heavy atom. The van der Waals surface area contributed by atoms with Crippen molar-refractivity contribution in [2.24, 2.45) is 0 Å². The fraction of sp³-hybridized carbons (Fsp3) is 0.381. The largest absolute Gasteiger partial charge is 0.489 e. The molecule has 1 aliphatic heterocycles. The van der Waals surface area contributed by atoms with E-state index in [0.29, 0.717) is 12.4 Å². The van der Waals surface area contributed by atoms with Gasteiger partial charge in [0.1, 0.15) is 18.4 Å². The minimum absolute atomic E-state index is 0.0907. The van der Waals surface area contributed by atoms with Crippen LogP contribution in [0.5, 0.6) is 5.75 Å². The Hall–Kier alpha value is -2.47. The van der Waals surface area contributed by atoms with E-state index in [2.05, 4.69) is 0 Å². The van der Waals surface area contributed by atoms with E-state index >= 15 is 0 Å². The molecule has 0 spiro atoms. The number of rotatable bonds is 7. The van der Waals surface area contributed by atoms with Crippen molar-refractivity contribution < 1.29 is 31.5 Å². The molecule has 32 heavy (non-hydrogen) atoms. The Balaban J connectivity index is 1.81. The van der Waals surface area contributed by atoms with E-state index in [1.165, 1.54) is 31.2 Å².